The zero-order valence-electron chi connectivity index (χ0n) is 7.47. The monoisotopic (exact) mass is 229 g/mol. The van der Waals surface area contributed by atoms with Gasteiger partial charge in [0.2, 0.25) is 0 Å². The molecular weight excluding hydrogens is 217 g/mol. The first-order valence-electron chi connectivity index (χ1n) is 3.50. The topological polar surface area (TPSA) is 101 Å². The molecule has 0 amide bonds. The molecular formula is C5H12NO5PS-2. The molecule has 0 aliphatic rings. The second-order valence-corrected chi connectivity index (χ2v) is 6.90. The summed E-state index contributed by atoms with van der Waals surface area (Å²) in [6, 6.07) is 0. The zero-order chi connectivity index (χ0) is 10.7. The molecule has 8 heteroatoms. The van der Waals surface area contributed by atoms with Gasteiger partial charge in [0.1, 0.15) is 0 Å². The average Bonchev–Trinajstić information content (AvgIpc) is 1.79. The van der Waals surface area contributed by atoms with Crippen LogP contribution in [0.4, 0.5) is 0 Å². The molecule has 1 atom stereocenters. The van der Waals surface area contributed by atoms with E-state index >= 15 is 0 Å². The van der Waals surface area contributed by atoms with Crippen molar-refractivity contribution in [3.8, 4) is 0 Å². The van der Waals surface area contributed by atoms with E-state index in [1.54, 1.807) is 14.1 Å². The molecule has 13 heavy (non-hydrogen) atoms. The molecule has 0 aliphatic carbocycles. The summed E-state index contributed by atoms with van der Waals surface area (Å²) >= 11 is 0. The Bertz CT molecular complexity index is 298. The normalized spacial score (nSPS) is 17.3. The first-order chi connectivity index (χ1) is 5.62. The highest BCUT2D eigenvalue weighted by molar-refractivity contribution is 7.86. The van der Waals surface area contributed by atoms with Gasteiger partial charge in [-0.25, -0.2) is 8.42 Å². The number of rotatable bonds is 5. The van der Waals surface area contributed by atoms with Gasteiger partial charge in [-0.05, 0) is 14.1 Å². The summed E-state index contributed by atoms with van der Waals surface area (Å²) in [5.74, 6) is -0.846. The Morgan fingerprint density at radius 2 is 1.85 bits per heavy atom. The Hall–Kier alpha value is 0.0600. The molecule has 0 radical (unpaired) electrons. The highest BCUT2D eigenvalue weighted by Crippen LogP contribution is 2.34. The fourth-order valence-corrected chi connectivity index (χ4v) is 3.76. The van der Waals surface area contributed by atoms with Crippen LogP contribution in [0.3, 0.4) is 0 Å². The van der Waals surface area contributed by atoms with Crippen LogP contribution < -0.4 is 4.89 Å². The minimum atomic E-state index is -4.43. The summed E-state index contributed by atoms with van der Waals surface area (Å²) in [5.41, 5.74) is 0. The van der Waals surface area contributed by atoms with Crippen molar-refractivity contribution in [3.05, 3.63) is 0 Å². The van der Waals surface area contributed by atoms with Crippen molar-refractivity contribution in [2.45, 2.75) is 0 Å². The summed E-state index contributed by atoms with van der Waals surface area (Å²) < 4.78 is 41.5. The number of hydrogen-bond donors (Lipinski definition) is 0. The second-order valence-electron chi connectivity index (χ2n) is 3.02. The largest absolute Gasteiger partial charge is 0.798 e. The van der Waals surface area contributed by atoms with Crippen LogP contribution in [0.5, 0.6) is 0 Å². The molecule has 0 aromatic heterocycles. The van der Waals surface area contributed by atoms with E-state index in [-0.39, 0.29) is 6.29 Å². The smallest absolute Gasteiger partial charge is 0.0950 e. The molecule has 0 fully saturated rings. The molecule has 0 heterocycles. The van der Waals surface area contributed by atoms with Crippen LogP contribution >= 0.6 is 7.37 Å². The Balaban J connectivity index is 4.13. The lowest BCUT2D eigenvalue weighted by molar-refractivity contribution is -0.176. The third-order valence-electron chi connectivity index (χ3n) is 1.18. The van der Waals surface area contributed by atoms with Crippen molar-refractivity contribution in [3.63, 3.8) is 0 Å². The summed E-state index contributed by atoms with van der Waals surface area (Å²) in [7, 11) is -5.08. The molecule has 6 nitrogen and oxygen atoms in total. The highest BCUT2D eigenvalue weighted by Gasteiger charge is 2.10. The molecule has 0 bridgehead atoms. The van der Waals surface area contributed by atoms with Gasteiger partial charge in [0, 0.05) is 25.6 Å². The van der Waals surface area contributed by atoms with Crippen molar-refractivity contribution in [2.24, 2.45) is 0 Å². The van der Waals surface area contributed by atoms with E-state index in [0.717, 1.165) is 0 Å². The molecule has 0 rings (SSSR count). The quantitative estimate of drug-likeness (QED) is 0.428. The predicted octanol–water partition coefficient (Wildman–Crippen LogP) is -1.31. The highest BCUT2D eigenvalue weighted by atomic mass is 32.2. The Labute approximate surface area is 77.8 Å². The molecule has 0 saturated carbocycles. The van der Waals surface area contributed by atoms with Crippen molar-refractivity contribution in [1.82, 2.24) is 4.90 Å². The van der Waals surface area contributed by atoms with Gasteiger partial charge in [0.15, 0.2) is 0 Å². The van der Waals surface area contributed by atoms with Crippen molar-refractivity contribution in [1.29, 1.82) is 0 Å². The molecule has 0 spiro atoms. The van der Waals surface area contributed by atoms with E-state index in [2.05, 4.69) is 0 Å². The maximum absolute atomic E-state index is 11.1. The van der Waals surface area contributed by atoms with Crippen molar-refractivity contribution < 1.29 is 22.4 Å². The summed E-state index contributed by atoms with van der Waals surface area (Å²) in [4.78, 5) is 12.5. The van der Waals surface area contributed by atoms with E-state index in [0.29, 0.717) is 0 Å². The third kappa shape index (κ3) is 8.39. The average molecular weight is 229 g/mol. The predicted molar refractivity (Wildman–Crippen MR) is 45.6 cm³/mol. The van der Waals surface area contributed by atoms with Gasteiger partial charge in [0.25, 0.3) is 0 Å². The van der Waals surface area contributed by atoms with E-state index in [9.17, 15) is 22.4 Å². The van der Waals surface area contributed by atoms with Crippen LogP contribution in [0.2, 0.25) is 0 Å². The summed E-state index contributed by atoms with van der Waals surface area (Å²) in [6.45, 7) is 0. The lowest BCUT2D eigenvalue weighted by atomic mass is 11.0. The molecule has 0 aromatic carbocycles. The van der Waals surface area contributed by atoms with Crippen LogP contribution in [0.1, 0.15) is 0 Å². The molecule has 0 aromatic rings. The molecule has 0 saturated heterocycles. The third-order valence-corrected chi connectivity index (χ3v) is 4.09. The SMILES string of the molecule is CN(C)CP(=O)([O-])CCS(=O)(=O)[O-]. The van der Waals surface area contributed by atoms with Gasteiger partial charge in [-0.3, -0.25) is 0 Å². The van der Waals surface area contributed by atoms with E-state index in [1.807, 2.05) is 0 Å². The molecule has 80 valence electrons. The van der Waals surface area contributed by atoms with E-state index in [4.69, 9.17) is 0 Å². The van der Waals surface area contributed by atoms with Crippen molar-refractivity contribution >= 4 is 17.5 Å². The van der Waals surface area contributed by atoms with Crippen LogP contribution in [0.25, 0.3) is 0 Å². The maximum Gasteiger partial charge on any atom is 0.0950 e. The number of nitrogens with zero attached hydrogens (tertiary/aromatic N) is 1. The number of hydrogen-bond acceptors (Lipinski definition) is 6. The summed E-state index contributed by atoms with van der Waals surface area (Å²) in [6.07, 6.45) is -0.806. The first-order valence-corrected chi connectivity index (χ1v) is 7.07. The fourth-order valence-electron chi connectivity index (χ4n) is 0.753. The Morgan fingerprint density at radius 1 is 1.38 bits per heavy atom. The Kier molecular flexibility index (Phi) is 4.54. The van der Waals surface area contributed by atoms with E-state index in [1.165, 1.54) is 4.90 Å². The summed E-state index contributed by atoms with van der Waals surface area (Å²) in [5, 5.41) is 0. The van der Waals surface area contributed by atoms with Gasteiger partial charge >= 0.3 is 0 Å². The van der Waals surface area contributed by atoms with Crippen LogP contribution in [-0.2, 0) is 14.7 Å². The zero-order valence-corrected chi connectivity index (χ0v) is 9.18. The van der Waals surface area contributed by atoms with Gasteiger partial charge in [-0.1, -0.05) is 0 Å². The van der Waals surface area contributed by atoms with Crippen LogP contribution in [0.15, 0.2) is 0 Å². The minimum absolute atomic E-state index is 0.220. The molecule has 0 N–H and O–H groups in total. The lowest BCUT2D eigenvalue weighted by Crippen LogP contribution is -2.23. The van der Waals surface area contributed by atoms with E-state index < -0.39 is 29.4 Å². The molecule has 0 aliphatic heterocycles. The van der Waals surface area contributed by atoms with Gasteiger partial charge in [0.05, 0.1) is 10.1 Å². The lowest BCUT2D eigenvalue weighted by Gasteiger charge is -2.26. The van der Waals surface area contributed by atoms with Crippen molar-refractivity contribution in [2.75, 3.05) is 32.3 Å². The molecule has 1 unspecified atom stereocenters. The Morgan fingerprint density at radius 3 is 2.15 bits per heavy atom. The van der Waals surface area contributed by atoms with Crippen LogP contribution in [0, 0.1) is 0 Å². The van der Waals surface area contributed by atoms with Gasteiger partial charge in [-0.2, -0.15) is 0 Å². The fraction of sp³-hybridized carbons (Fsp3) is 1.00. The van der Waals surface area contributed by atoms with Gasteiger partial charge < -0.3 is 18.9 Å². The second kappa shape index (κ2) is 4.52. The standard InChI is InChI=1S/C5H14NO5PS/c1-6(2)5-12(7,8)3-4-13(9,10)11/h3-5H2,1-2H3,(H,7,8)(H,9,10,11)/p-2. The first kappa shape index (κ1) is 13.1. The van der Waals surface area contributed by atoms with Gasteiger partial charge in [-0.15, -0.1) is 0 Å². The maximum atomic E-state index is 11.1. The van der Waals surface area contributed by atoms with Crippen LogP contribution in [-0.4, -0.2) is 50.2 Å². The minimum Gasteiger partial charge on any atom is -0.798 e.